The first-order valence-electron chi connectivity index (χ1n) is 7.36. The summed E-state index contributed by atoms with van der Waals surface area (Å²) in [6.07, 6.45) is 4.80. The summed E-state index contributed by atoms with van der Waals surface area (Å²) < 4.78 is 5.39. The fourth-order valence-electron chi connectivity index (χ4n) is 3.00. The molecule has 2 aromatic rings. The average molecular weight is 308 g/mol. The summed E-state index contributed by atoms with van der Waals surface area (Å²) in [5.74, 6) is 2.99. The van der Waals surface area contributed by atoms with Crippen LogP contribution in [0.1, 0.15) is 37.6 Å². The molecule has 0 saturated heterocycles. The van der Waals surface area contributed by atoms with E-state index >= 15 is 0 Å². The zero-order valence-electron chi connectivity index (χ0n) is 12.3. The van der Waals surface area contributed by atoms with E-state index in [1.165, 1.54) is 19.3 Å². The molecule has 1 aliphatic rings. The molecule has 0 amide bonds. The topological polar surface area (TPSA) is 64.9 Å². The van der Waals surface area contributed by atoms with E-state index in [0.29, 0.717) is 18.3 Å². The number of nitrogens with zero attached hydrogens (tertiary/aromatic N) is 2. The highest BCUT2D eigenvalue weighted by Crippen LogP contribution is 2.32. The van der Waals surface area contributed by atoms with E-state index in [1.54, 1.807) is 0 Å². The summed E-state index contributed by atoms with van der Waals surface area (Å²) in [5, 5.41) is 4.09. The molecule has 0 bridgehead atoms. The van der Waals surface area contributed by atoms with Gasteiger partial charge in [0.2, 0.25) is 11.7 Å². The summed E-state index contributed by atoms with van der Waals surface area (Å²) >= 11 is 0. The van der Waals surface area contributed by atoms with Crippen LogP contribution in [0, 0.1) is 11.8 Å². The minimum Gasteiger partial charge on any atom is -0.339 e. The molecular weight excluding hydrogens is 286 g/mol. The van der Waals surface area contributed by atoms with E-state index in [9.17, 15) is 0 Å². The van der Waals surface area contributed by atoms with E-state index in [-0.39, 0.29) is 12.4 Å². The first kappa shape index (κ1) is 16.0. The average Bonchev–Trinajstić information content (AvgIpc) is 3.09. The van der Waals surface area contributed by atoms with Gasteiger partial charge in [-0.25, -0.2) is 0 Å². The molecule has 21 heavy (non-hydrogen) atoms. The highest BCUT2D eigenvalue weighted by atomic mass is 35.5. The fourth-order valence-corrected chi connectivity index (χ4v) is 3.00. The molecule has 1 fully saturated rings. The van der Waals surface area contributed by atoms with Crippen molar-refractivity contribution < 1.29 is 4.52 Å². The Morgan fingerprint density at radius 2 is 2.00 bits per heavy atom. The molecule has 1 saturated carbocycles. The Morgan fingerprint density at radius 1 is 1.24 bits per heavy atom. The summed E-state index contributed by atoms with van der Waals surface area (Å²) in [4.78, 5) is 4.52. The quantitative estimate of drug-likeness (QED) is 0.937. The van der Waals surface area contributed by atoms with Gasteiger partial charge in [0.05, 0.1) is 0 Å². The Bertz CT molecular complexity index is 567. The van der Waals surface area contributed by atoms with Gasteiger partial charge in [0, 0.05) is 18.5 Å². The van der Waals surface area contributed by atoms with Crippen molar-refractivity contribution in [2.45, 2.75) is 39.2 Å². The number of rotatable bonds is 4. The number of nitrogens with two attached hydrogens (primary N) is 1. The molecule has 1 heterocycles. The first-order chi connectivity index (χ1) is 9.74. The van der Waals surface area contributed by atoms with Crippen molar-refractivity contribution in [3.05, 3.63) is 35.7 Å². The van der Waals surface area contributed by atoms with Gasteiger partial charge in [-0.05, 0) is 30.2 Å². The van der Waals surface area contributed by atoms with Crippen molar-refractivity contribution in [1.82, 2.24) is 10.1 Å². The van der Waals surface area contributed by atoms with Crippen molar-refractivity contribution in [1.29, 1.82) is 0 Å². The maximum absolute atomic E-state index is 5.60. The SMILES string of the molecule is CC1CCC(Cc2nc(-c3ccc(CN)cc3)no2)C1.Cl. The van der Waals surface area contributed by atoms with Gasteiger partial charge in [-0.3, -0.25) is 0 Å². The zero-order chi connectivity index (χ0) is 13.9. The predicted octanol–water partition coefficient (Wildman–Crippen LogP) is 3.60. The molecule has 5 heteroatoms. The molecule has 114 valence electrons. The Kier molecular flexibility index (Phi) is 5.37. The second kappa shape index (κ2) is 7.05. The Morgan fingerprint density at radius 3 is 2.62 bits per heavy atom. The van der Waals surface area contributed by atoms with Crippen molar-refractivity contribution >= 4 is 12.4 Å². The maximum Gasteiger partial charge on any atom is 0.227 e. The lowest BCUT2D eigenvalue weighted by Crippen LogP contribution is -2.00. The van der Waals surface area contributed by atoms with Crippen LogP contribution in [0.2, 0.25) is 0 Å². The fraction of sp³-hybridized carbons (Fsp3) is 0.500. The number of hydrogen-bond acceptors (Lipinski definition) is 4. The van der Waals surface area contributed by atoms with Crippen molar-refractivity contribution in [2.75, 3.05) is 0 Å². The van der Waals surface area contributed by atoms with Crippen molar-refractivity contribution in [3.63, 3.8) is 0 Å². The van der Waals surface area contributed by atoms with Crippen LogP contribution in [0.3, 0.4) is 0 Å². The van der Waals surface area contributed by atoms with Gasteiger partial charge in [0.1, 0.15) is 0 Å². The number of halogens is 1. The highest BCUT2D eigenvalue weighted by Gasteiger charge is 2.23. The van der Waals surface area contributed by atoms with Gasteiger partial charge in [0.25, 0.3) is 0 Å². The number of hydrogen-bond donors (Lipinski definition) is 1. The number of aromatic nitrogens is 2. The predicted molar refractivity (Wildman–Crippen MR) is 85.1 cm³/mol. The van der Waals surface area contributed by atoms with Crippen LogP contribution >= 0.6 is 12.4 Å². The van der Waals surface area contributed by atoms with Gasteiger partial charge >= 0.3 is 0 Å². The molecule has 0 radical (unpaired) electrons. The minimum atomic E-state index is 0. The normalized spacial score (nSPS) is 21.2. The summed E-state index contributed by atoms with van der Waals surface area (Å²) in [6.45, 7) is 2.87. The Balaban J connectivity index is 0.00000161. The smallest absolute Gasteiger partial charge is 0.227 e. The van der Waals surface area contributed by atoms with Gasteiger partial charge < -0.3 is 10.3 Å². The standard InChI is InChI=1S/C16H21N3O.ClH/c1-11-2-3-13(8-11)9-15-18-16(19-20-15)14-6-4-12(10-17)5-7-14;/h4-7,11,13H,2-3,8-10,17H2,1H3;1H. The number of benzene rings is 1. The molecule has 4 nitrogen and oxygen atoms in total. The summed E-state index contributed by atoms with van der Waals surface area (Å²) in [5.41, 5.74) is 7.69. The van der Waals surface area contributed by atoms with E-state index in [4.69, 9.17) is 10.3 Å². The lowest BCUT2D eigenvalue weighted by atomic mass is 10.0. The van der Waals surface area contributed by atoms with E-state index < -0.39 is 0 Å². The zero-order valence-corrected chi connectivity index (χ0v) is 13.1. The van der Waals surface area contributed by atoms with E-state index in [1.807, 2.05) is 24.3 Å². The third-order valence-corrected chi connectivity index (χ3v) is 4.18. The molecule has 1 aromatic heterocycles. The molecule has 3 rings (SSSR count). The molecule has 1 aromatic carbocycles. The molecule has 2 unspecified atom stereocenters. The van der Waals surface area contributed by atoms with Crippen molar-refractivity contribution in [3.8, 4) is 11.4 Å². The monoisotopic (exact) mass is 307 g/mol. The van der Waals surface area contributed by atoms with Crippen LogP contribution in [0.25, 0.3) is 11.4 Å². The minimum absolute atomic E-state index is 0. The highest BCUT2D eigenvalue weighted by molar-refractivity contribution is 5.85. The van der Waals surface area contributed by atoms with Crippen LogP contribution in [-0.4, -0.2) is 10.1 Å². The van der Waals surface area contributed by atoms with Crippen LogP contribution in [0.15, 0.2) is 28.8 Å². The molecular formula is C16H22ClN3O. The molecule has 0 spiro atoms. The lowest BCUT2D eigenvalue weighted by molar-refractivity contribution is 0.351. The lowest BCUT2D eigenvalue weighted by Gasteiger charge is -2.04. The van der Waals surface area contributed by atoms with Crippen LogP contribution in [0.5, 0.6) is 0 Å². The van der Waals surface area contributed by atoms with E-state index in [2.05, 4.69) is 17.1 Å². The second-order valence-corrected chi connectivity index (χ2v) is 5.90. The van der Waals surface area contributed by atoms with E-state index in [0.717, 1.165) is 29.4 Å². The Hall–Kier alpha value is -1.39. The second-order valence-electron chi connectivity index (χ2n) is 5.90. The summed E-state index contributed by atoms with van der Waals surface area (Å²) in [7, 11) is 0. The largest absolute Gasteiger partial charge is 0.339 e. The van der Waals surface area contributed by atoms with Gasteiger partial charge in [-0.2, -0.15) is 4.98 Å². The molecule has 0 aliphatic heterocycles. The third-order valence-electron chi connectivity index (χ3n) is 4.18. The van der Waals surface area contributed by atoms with Gasteiger partial charge in [-0.15, -0.1) is 12.4 Å². The van der Waals surface area contributed by atoms with Gasteiger partial charge in [0.15, 0.2) is 0 Å². The molecule has 1 aliphatic carbocycles. The van der Waals surface area contributed by atoms with Crippen molar-refractivity contribution in [2.24, 2.45) is 17.6 Å². The van der Waals surface area contributed by atoms with Crippen LogP contribution in [-0.2, 0) is 13.0 Å². The molecule has 2 atom stereocenters. The first-order valence-corrected chi connectivity index (χ1v) is 7.36. The maximum atomic E-state index is 5.60. The summed E-state index contributed by atoms with van der Waals surface area (Å²) in [6, 6.07) is 8.00. The van der Waals surface area contributed by atoms with Crippen LogP contribution in [0.4, 0.5) is 0 Å². The Labute approximate surface area is 131 Å². The van der Waals surface area contributed by atoms with Gasteiger partial charge in [-0.1, -0.05) is 42.8 Å². The third kappa shape index (κ3) is 3.83. The van der Waals surface area contributed by atoms with Crippen LogP contribution < -0.4 is 5.73 Å². The molecule has 2 N–H and O–H groups in total.